The van der Waals surface area contributed by atoms with E-state index in [1.165, 1.54) is 22.0 Å². The number of para-hydroxylation sites is 1. The van der Waals surface area contributed by atoms with E-state index in [1.54, 1.807) is 0 Å². The van der Waals surface area contributed by atoms with Crippen molar-refractivity contribution >= 4 is 28.4 Å². The molecule has 176 valence electrons. The fourth-order valence-corrected chi connectivity index (χ4v) is 4.66. The molecule has 0 aliphatic rings. The summed E-state index contributed by atoms with van der Waals surface area (Å²) in [5.41, 5.74) is 5.90. The molecule has 3 nitrogen and oxygen atoms in total. The van der Waals surface area contributed by atoms with Crippen LogP contribution in [0.3, 0.4) is 0 Å². The highest BCUT2D eigenvalue weighted by atomic mass is 35.5. The SMILES string of the molecule is Cc1ccc(Cn2cc([C@H](CC(=O)NCCC(C)C)c3cccc(Cl)c3)c3ccccc32)cc1. The molecule has 0 spiro atoms. The third kappa shape index (κ3) is 5.90. The number of nitrogens with one attached hydrogen (secondary N) is 1. The number of fused-ring (bicyclic) bond motifs is 1. The van der Waals surface area contributed by atoms with E-state index >= 15 is 0 Å². The van der Waals surface area contributed by atoms with Crippen LogP contribution in [0, 0.1) is 12.8 Å². The third-order valence-corrected chi connectivity index (χ3v) is 6.59. The van der Waals surface area contributed by atoms with Crippen molar-refractivity contribution in [3.8, 4) is 0 Å². The van der Waals surface area contributed by atoms with Crippen molar-refractivity contribution in [3.05, 3.63) is 106 Å². The Morgan fingerprint density at radius 3 is 2.50 bits per heavy atom. The van der Waals surface area contributed by atoms with Gasteiger partial charge in [-0.25, -0.2) is 0 Å². The van der Waals surface area contributed by atoms with Gasteiger partial charge in [0.15, 0.2) is 0 Å². The van der Waals surface area contributed by atoms with E-state index in [0.717, 1.165) is 24.1 Å². The average Bonchev–Trinajstić information content (AvgIpc) is 3.17. The maximum Gasteiger partial charge on any atom is 0.220 e. The second kappa shape index (κ2) is 10.9. The first-order valence-electron chi connectivity index (χ1n) is 12.1. The van der Waals surface area contributed by atoms with Crippen molar-refractivity contribution in [1.82, 2.24) is 9.88 Å². The molecule has 0 fully saturated rings. The number of amides is 1. The zero-order valence-electron chi connectivity index (χ0n) is 20.2. The van der Waals surface area contributed by atoms with Crippen LogP contribution in [0.25, 0.3) is 10.9 Å². The van der Waals surface area contributed by atoms with Gasteiger partial charge in [0.25, 0.3) is 0 Å². The predicted molar refractivity (Wildman–Crippen MR) is 143 cm³/mol. The molecule has 0 saturated carbocycles. The van der Waals surface area contributed by atoms with Gasteiger partial charge in [-0.05, 0) is 54.2 Å². The lowest BCUT2D eigenvalue weighted by Gasteiger charge is -2.18. The van der Waals surface area contributed by atoms with Crippen molar-refractivity contribution in [2.75, 3.05) is 6.54 Å². The van der Waals surface area contributed by atoms with Crippen LogP contribution in [0.15, 0.2) is 79.0 Å². The Morgan fingerprint density at radius 2 is 1.76 bits per heavy atom. The summed E-state index contributed by atoms with van der Waals surface area (Å²) in [7, 11) is 0. The van der Waals surface area contributed by atoms with Gasteiger partial charge in [0.1, 0.15) is 0 Å². The van der Waals surface area contributed by atoms with E-state index in [1.807, 2.05) is 18.2 Å². The minimum atomic E-state index is -0.0816. The molecular weight excluding hydrogens is 440 g/mol. The average molecular weight is 473 g/mol. The Bertz CT molecular complexity index is 1260. The maximum atomic E-state index is 13.0. The largest absolute Gasteiger partial charge is 0.356 e. The van der Waals surface area contributed by atoms with E-state index in [9.17, 15) is 4.79 Å². The minimum Gasteiger partial charge on any atom is -0.356 e. The summed E-state index contributed by atoms with van der Waals surface area (Å²) < 4.78 is 2.30. The molecule has 1 aromatic heterocycles. The minimum absolute atomic E-state index is 0.0704. The standard InChI is InChI=1S/C30H33ClN2O/c1-21(2)15-16-32-30(34)18-27(24-7-6-8-25(31)17-24)28-20-33(29-10-5-4-9-26(28)29)19-23-13-11-22(3)12-14-23/h4-14,17,20-21,27H,15-16,18-19H2,1-3H3,(H,32,34)/t27-/m1/s1. The summed E-state index contributed by atoms with van der Waals surface area (Å²) in [6.45, 7) is 7.93. The zero-order valence-corrected chi connectivity index (χ0v) is 21.0. The lowest BCUT2D eigenvalue weighted by Crippen LogP contribution is -2.27. The van der Waals surface area contributed by atoms with E-state index in [4.69, 9.17) is 11.6 Å². The second-order valence-corrected chi connectivity index (χ2v) is 10.00. The molecule has 4 rings (SSSR count). The lowest BCUT2D eigenvalue weighted by atomic mass is 9.88. The summed E-state index contributed by atoms with van der Waals surface area (Å²) >= 11 is 6.37. The van der Waals surface area contributed by atoms with E-state index < -0.39 is 0 Å². The molecule has 1 heterocycles. The highest BCUT2D eigenvalue weighted by Gasteiger charge is 2.23. The summed E-state index contributed by atoms with van der Waals surface area (Å²) in [5, 5.41) is 4.98. The van der Waals surface area contributed by atoms with Crippen LogP contribution in [-0.2, 0) is 11.3 Å². The Kier molecular flexibility index (Phi) is 7.74. The summed E-state index contributed by atoms with van der Waals surface area (Å²) in [6, 6.07) is 25.0. The molecule has 0 aliphatic carbocycles. The van der Waals surface area contributed by atoms with Crippen LogP contribution >= 0.6 is 11.6 Å². The zero-order chi connectivity index (χ0) is 24.1. The topological polar surface area (TPSA) is 34.0 Å². The van der Waals surface area contributed by atoms with Gasteiger partial charge in [0.2, 0.25) is 5.91 Å². The molecule has 4 aromatic rings. The van der Waals surface area contributed by atoms with Crippen molar-refractivity contribution in [3.63, 3.8) is 0 Å². The number of carbonyl (C=O) groups is 1. The lowest BCUT2D eigenvalue weighted by molar-refractivity contribution is -0.121. The molecule has 34 heavy (non-hydrogen) atoms. The Morgan fingerprint density at radius 1 is 1.00 bits per heavy atom. The molecule has 3 aromatic carbocycles. The van der Waals surface area contributed by atoms with Gasteiger partial charge < -0.3 is 9.88 Å². The fraction of sp³-hybridized carbons (Fsp3) is 0.300. The Labute approximate surface area is 207 Å². The molecule has 1 N–H and O–H groups in total. The van der Waals surface area contributed by atoms with Gasteiger partial charge in [0.05, 0.1) is 0 Å². The smallest absolute Gasteiger partial charge is 0.220 e. The van der Waals surface area contributed by atoms with E-state index in [-0.39, 0.29) is 11.8 Å². The second-order valence-electron chi connectivity index (χ2n) is 9.56. The van der Waals surface area contributed by atoms with Gasteiger partial charge >= 0.3 is 0 Å². The van der Waals surface area contributed by atoms with Crippen molar-refractivity contribution < 1.29 is 4.79 Å². The molecule has 0 aliphatic heterocycles. The van der Waals surface area contributed by atoms with Crippen LogP contribution in [0.2, 0.25) is 5.02 Å². The predicted octanol–water partition coefficient (Wildman–Crippen LogP) is 7.34. The molecule has 0 bridgehead atoms. The van der Waals surface area contributed by atoms with Crippen molar-refractivity contribution in [1.29, 1.82) is 0 Å². The third-order valence-electron chi connectivity index (χ3n) is 6.35. The van der Waals surface area contributed by atoms with E-state index in [0.29, 0.717) is 23.9 Å². The number of aromatic nitrogens is 1. The molecule has 0 unspecified atom stereocenters. The quantitative estimate of drug-likeness (QED) is 0.271. The highest BCUT2D eigenvalue weighted by Crippen LogP contribution is 2.36. The van der Waals surface area contributed by atoms with Crippen LogP contribution in [0.4, 0.5) is 0 Å². The molecule has 4 heteroatoms. The van der Waals surface area contributed by atoms with Crippen LogP contribution in [-0.4, -0.2) is 17.0 Å². The molecular formula is C30H33ClN2O. The number of nitrogens with zero attached hydrogens (tertiary/aromatic N) is 1. The number of aryl methyl sites for hydroxylation is 1. The Hall–Kier alpha value is -3.04. The number of hydrogen-bond acceptors (Lipinski definition) is 1. The van der Waals surface area contributed by atoms with Gasteiger partial charge in [0, 0.05) is 47.6 Å². The molecule has 1 atom stereocenters. The number of benzene rings is 3. The first-order valence-corrected chi connectivity index (χ1v) is 12.4. The van der Waals surface area contributed by atoms with Gasteiger partial charge in [-0.1, -0.05) is 85.6 Å². The highest BCUT2D eigenvalue weighted by molar-refractivity contribution is 6.30. The number of halogens is 1. The first-order chi connectivity index (χ1) is 16.4. The summed E-state index contributed by atoms with van der Waals surface area (Å²) in [4.78, 5) is 13.0. The summed E-state index contributed by atoms with van der Waals surface area (Å²) in [5.74, 6) is 0.548. The molecule has 1 amide bonds. The van der Waals surface area contributed by atoms with Crippen LogP contribution in [0.1, 0.15) is 54.9 Å². The maximum absolute atomic E-state index is 13.0. The number of hydrogen-bond donors (Lipinski definition) is 1. The molecule has 0 radical (unpaired) electrons. The van der Waals surface area contributed by atoms with Crippen molar-refractivity contribution in [2.24, 2.45) is 5.92 Å². The van der Waals surface area contributed by atoms with Gasteiger partial charge in [-0.15, -0.1) is 0 Å². The summed E-state index contributed by atoms with van der Waals surface area (Å²) in [6.07, 6.45) is 3.58. The molecule has 0 saturated heterocycles. The monoisotopic (exact) mass is 472 g/mol. The number of carbonyl (C=O) groups excluding carboxylic acids is 1. The van der Waals surface area contributed by atoms with E-state index in [2.05, 4.69) is 91.4 Å². The van der Waals surface area contributed by atoms with Gasteiger partial charge in [-0.2, -0.15) is 0 Å². The van der Waals surface area contributed by atoms with Crippen LogP contribution in [0.5, 0.6) is 0 Å². The van der Waals surface area contributed by atoms with Crippen molar-refractivity contribution in [2.45, 2.75) is 46.1 Å². The fourth-order valence-electron chi connectivity index (χ4n) is 4.46. The van der Waals surface area contributed by atoms with Crippen LogP contribution < -0.4 is 5.32 Å². The normalized spacial score (nSPS) is 12.3. The van der Waals surface area contributed by atoms with Gasteiger partial charge in [-0.3, -0.25) is 4.79 Å². The first kappa shape index (κ1) is 24.1. The Balaban J connectivity index is 1.71. The number of rotatable bonds is 9.